The molecule has 3 nitrogen and oxygen atoms in total. The summed E-state index contributed by atoms with van der Waals surface area (Å²) in [6.45, 7) is 13.3. The lowest BCUT2D eigenvalue weighted by Crippen LogP contribution is -2.10. The lowest BCUT2D eigenvalue weighted by Gasteiger charge is -2.23. The van der Waals surface area contributed by atoms with Crippen molar-refractivity contribution in [2.24, 2.45) is 0 Å². The van der Waals surface area contributed by atoms with Crippen LogP contribution in [-0.4, -0.2) is 21.1 Å². The minimum Gasteiger partial charge on any atom is -0.345 e. The van der Waals surface area contributed by atoms with Crippen molar-refractivity contribution >= 4 is 78.6 Å². The standard InChI is InChI=1S/C32H35N.C30H37N.C28H35N/c1-4-5-6-7-8-9-11-24-14-18-27(19-15-24)33(3)30-21-17-26-22-23(2)28-13-10-12-25-16-20-29(30)32(26)31(25)28;1-4-5-6-7-8-9-10-26-17-21-29(22-18-26)31(3)30-23-19-28(20-24-30)16-15-27-13-11-25(2)12-14-27;1-4-5-6-7-8-9-10-24-13-19-27(20-14-24)29(3)28-21-17-26(18-22-28)25-15-11-23(2)12-16-25/h10,12-22H,4-9,11H2,1-3H3;11-24H,4-10H2,1-3H3;11-22H,4-10H2,1-3H3/b;16-15+;. The quantitative estimate of drug-likeness (QED) is 0.0252. The third kappa shape index (κ3) is 20.1. The zero-order valence-electron chi connectivity index (χ0n) is 58.1. The van der Waals surface area contributed by atoms with E-state index in [1.165, 1.54) is 257 Å². The molecule has 0 aliphatic heterocycles. The minimum atomic E-state index is 1.19. The van der Waals surface area contributed by atoms with E-state index in [-0.39, 0.29) is 0 Å². The summed E-state index contributed by atoms with van der Waals surface area (Å²) >= 11 is 0. The molecule has 0 saturated heterocycles. The van der Waals surface area contributed by atoms with Crippen LogP contribution in [-0.2, 0) is 19.3 Å². The molecule has 0 fully saturated rings. The highest BCUT2D eigenvalue weighted by molar-refractivity contribution is 6.26. The minimum absolute atomic E-state index is 1.19. The van der Waals surface area contributed by atoms with Gasteiger partial charge >= 0.3 is 0 Å². The summed E-state index contributed by atoms with van der Waals surface area (Å²) in [4.78, 5) is 6.85. The van der Waals surface area contributed by atoms with E-state index in [2.05, 4.69) is 308 Å². The average molecular weight is 1230 g/mol. The molecule has 0 radical (unpaired) electrons. The Morgan fingerprint density at radius 2 is 0.634 bits per heavy atom. The maximum absolute atomic E-state index is 2.34. The highest BCUT2D eigenvalue weighted by atomic mass is 15.1. The van der Waals surface area contributed by atoms with E-state index in [0.29, 0.717) is 0 Å². The van der Waals surface area contributed by atoms with Crippen LogP contribution >= 0.6 is 0 Å². The van der Waals surface area contributed by atoms with Crippen LogP contribution in [0.2, 0.25) is 0 Å². The molecule has 0 N–H and O–H groups in total. The second kappa shape index (κ2) is 36.2. The molecule has 0 atom stereocenters. The Morgan fingerprint density at radius 3 is 1.08 bits per heavy atom. The van der Waals surface area contributed by atoms with Crippen molar-refractivity contribution in [1.29, 1.82) is 0 Å². The molecule has 482 valence electrons. The predicted octanol–water partition coefficient (Wildman–Crippen LogP) is 26.7. The van der Waals surface area contributed by atoms with Crippen LogP contribution in [0.1, 0.15) is 181 Å². The molecule has 0 unspecified atom stereocenters. The first-order chi connectivity index (χ1) is 45.5. The number of hydrogen-bond donors (Lipinski definition) is 0. The lowest BCUT2D eigenvalue weighted by atomic mass is 9.91. The summed E-state index contributed by atoms with van der Waals surface area (Å²) in [6.07, 6.45) is 32.3. The number of anilines is 6. The predicted molar refractivity (Wildman–Crippen MR) is 413 cm³/mol. The van der Waals surface area contributed by atoms with E-state index < -0.39 is 0 Å². The van der Waals surface area contributed by atoms with Crippen molar-refractivity contribution in [1.82, 2.24) is 0 Å². The molecule has 0 saturated carbocycles. The molecule has 0 heterocycles. The van der Waals surface area contributed by atoms with Gasteiger partial charge in [-0.05, 0) is 197 Å². The van der Waals surface area contributed by atoms with Crippen LogP contribution in [0.25, 0.3) is 55.6 Å². The van der Waals surface area contributed by atoms with Gasteiger partial charge in [0.15, 0.2) is 0 Å². The number of nitrogens with zero attached hydrogens (tertiary/aromatic N) is 3. The summed E-state index contributed by atoms with van der Waals surface area (Å²) < 4.78 is 0. The number of hydrogen-bond acceptors (Lipinski definition) is 3. The molecular weight excluding hydrogens is 1120 g/mol. The summed E-state index contributed by atoms with van der Waals surface area (Å²) in [5.74, 6) is 0. The topological polar surface area (TPSA) is 9.72 Å². The van der Waals surface area contributed by atoms with E-state index in [4.69, 9.17) is 0 Å². The van der Waals surface area contributed by atoms with E-state index >= 15 is 0 Å². The number of rotatable bonds is 30. The van der Waals surface area contributed by atoms with Crippen molar-refractivity contribution in [3.63, 3.8) is 0 Å². The number of benzene rings is 11. The Bertz CT molecular complexity index is 3950. The van der Waals surface area contributed by atoms with Crippen LogP contribution in [0.3, 0.4) is 0 Å². The third-order valence-corrected chi connectivity index (χ3v) is 19.1. The summed E-state index contributed by atoms with van der Waals surface area (Å²) in [5, 5.41) is 8.14. The fourth-order valence-electron chi connectivity index (χ4n) is 13.0. The normalized spacial score (nSPS) is 11.3. The lowest BCUT2D eigenvalue weighted by molar-refractivity contribution is 0.607. The fraction of sp³-hybridized carbons (Fsp3) is 0.333. The van der Waals surface area contributed by atoms with Gasteiger partial charge in [-0.15, -0.1) is 0 Å². The zero-order chi connectivity index (χ0) is 65.2. The van der Waals surface area contributed by atoms with Gasteiger partial charge in [-0.2, -0.15) is 0 Å². The second-order valence-corrected chi connectivity index (χ2v) is 26.4. The monoisotopic (exact) mass is 1230 g/mol. The van der Waals surface area contributed by atoms with Crippen LogP contribution < -0.4 is 14.7 Å². The van der Waals surface area contributed by atoms with Crippen LogP contribution in [0.15, 0.2) is 218 Å². The maximum atomic E-state index is 2.34. The highest BCUT2D eigenvalue weighted by Gasteiger charge is 2.16. The average Bonchev–Trinajstić information content (AvgIpc) is 0.736. The van der Waals surface area contributed by atoms with E-state index in [1.54, 1.807) is 0 Å². The van der Waals surface area contributed by atoms with Crippen molar-refractivity contribution in [2.75, 3.05) is 35.8 Å². The number of unbranched alkanes of at least 4 members (excludes halogenated alkanes) is 15. The molecule has 11 rings (SSSR count). The van der Waals surface area contributed by atoms with Gasteiger partial charge in [-0.25, -0.2) is 0 Å². The van der Waals surface area contributed by atoms with Gasteiger partial charge in [0.25, 0.3) is 0 Å². The largest absolute Gasteiger partial charge is 0.345 e. The van der Waals surface area contributed by atoms with Gasteiger partial charge in [0.1, 0.15) is 0 Å². The second-order valence-electron chi connectivity index (χ2n) is 26.4. The molecule has 0 amide bonds. The first kappa shape index (κ1) is 69.0. The van der Waals surface area contributed by atoms with Gasteiger partial charge in [-0.3, -0.25) is 0 Å². The SMILES string of the molecule is CCCCCCCCc1ccc(N(C)c2ccc(-c3ccc(C)cc3)cc2)cc1.CCCCCCCCc1ccc(N(C)c2ccc(/C=C/c3ccc(C)cc3)cc2)cc1.CCCCCCCCc1ccc(N(C)c2ccc3cc(C)c4cccc5ccc2c3c54)cc1. The first-order valence-electron chi connectivity index (χ1n) is 35.7. The molecule has 11 aromatic rings. The Kier molecular flexibility index (Phi) is 26.8. The molecule has 0 aromatic heterocycles. The molecule has 11 aromatic carbocycles. The molecular formula is C90H107N3. The molecule has 3 heteroatoms. The Labute approximate surface area is 561 Å². The van der Waals surface area contributed by atoms with Gasteiger partial charge in [0.05, 0.1) is 0 Å². The van der Waals surface area contributed by atoms with Gasteiger partial charge in [-0.1, -0.05) is 292 Å². The van der Waals surface area contributed by atoms with Crippen molar-refractivity contribution < 1.29 is 0 Å². The van der Waals surface area contributed by atoms with Gasteiger partial charge in [0, 0.05) is 60.7 Å². The summed E-state index contributed by atoms with van der Waals surface area (Å²) in [5.41, 5.74) is 20.7. The third-order valence-electron chi connectivity index (χ3n) is 19.1. The summed E-state index contributed by atoms with van der Waals surface area (Å²) in [7, 11) is 6.48. The van der Waals surface area contributed by atoms with Crippen LogP contribution in [0.4, 0.5) is 34.1 Å². The Balaban J connectivity index is 0.000000165. The molecule has 0 aliphatic rings. The number of aryl methyl sites for hydroxylation is 6. The summed E-state index contributed by atoms with van der Waals surface area (Å²) in [6, 6.07) is 80.5. The fourth-order valence-corrected chi connectivity index (χ4v) is 13.0. The van der Waals surface area contributed by atoms with Crippen molar-refractivity contribution in [3.8, 4) is 11.1 Å². The van der Waals surface area contributed by atoms with E-state index in [0.717, 1.165) is 0 Å². The zero-order valence-corrected chi connectivity index (χ0v) is 58.1. The van der Waals surface area contributed by atoms with Crippen molar-refractivity contribution in [2.45, 2.75) is 176 Å². The van der Waals surface area contributed by atoms with Crippen LogP contribution in [0, 0.1) is 20.8 Å². The van der Waals surface area contributed by atoms with Gasteiger partial charge < -0.3 is 14.7 Å². The smallest absolute Gasteiger partial charge is 0.0488 e. The van der Waals surface area contributed by atoms with Crippen LogP contribution in [0.5, 0.6) is 0 Å². The highest BCUT2D eigenvalue weighted by Crippen LogP contribution is 2.42. The Morgan fingerprint density at radius 1 is 0.290 bits per heavy atom. The van der Waals surface area contributed by atoms with E-state index in [1.807, 2.05) is 0 Å². The first-order valence-corrected chi connectivity index (χ1v) is 35.7. The maximum Gasteiger partial charge on any atom is 0.0488 e. The molecule has 0 aliphatic carbocycles. The molecule has 0 spiro atoms. The van der Waals surface area contributed by atoms with E-state index in [9.17, 15) is 0 Å². The van der Waals surface area contributed by atoms with Gasteiger partial charge in [0.2, 0.25) is 0 Å². The molecule has 93 heavy (non-hydrogen) atoms. The molecule has 0 bridgehead atoms. The Hall–Kier alpha value is -8.40. The van der Waals surface area contributed by atoms with Crippen molar-refractivity contribution in [3.05, 3.63) is 263 Å².